The van der Waals surface area contributed by atoms with Crippen LogP contribution >= 0.6 is 0 Å². The third-order valence-corrected chi connectivity index (χ3v) is 5.26. The topological polar surface area (TPSA) is 49.7 Å². The van der Waals surface area contributed by atoms with E-state index in [0.717, 1.165) is 18.6 Å². The first-order valence-corrected chi connectivity index (χ1v) is 9.21. The second kappa shape index (κ2) is 7.33. The number of hydrogen-bond acceptors (Lipinski definition) is 3. The lowest BCUT2D eigenvalue weighted by molar-refractivity contribution is 0.171. The first kappa shape index (κ1) is 18.2. The average molecular weight is 350 g/mol. The Morgan fingerprint density at radius 3 is 1.96 bits per heavy atom. The molecule has 136 valence electrons. The van der Waals surface area contributed by atoms with Crippen LogP contribution in [0.25, 0.3) is 0 Å². The Kier molecular flexibility index (Phi) is 5.13. The lowest BCUT2D eigenvalue weighted by Gasteiger charge is -2.38. The van der Waals surface area contributed by atoms with Crippen LogP contribution in [0.15, 0.2) is 48.5 Å². The van der Waals surface area contributed by atoms with Gasteiger partial charge in [0, 0.05) is 5.41 Å². The van der Waals surface area contributed by atoms with Gasteiger partial charge < -0.3 is 14.9 Å². The van der Waals surface area contributed by atoms with Crippen molar-refractivity contribution in [2.45, 2.75) is 57.0 Å². The van der Waals surface area contributed by atoms with Gasteiger partial charge in [-0.25, -0.2) is 0 Å². The van der Waals surface area contributed by atoms with Crippen molar-refractivity contribution in [1.82, 2.24) is 0 Å². The standard InChI is InChI=1S/C23H26O3/c1-22(2,16-17-24)26-21-12-8-19(9-13-21)23(14-4-3-5-15-23)18-6-10-20(25)11-7-18/h6-13,24-25H,3-5,14-15H2,1-2H3. The zero-order valence-electron chi connectivity index (χ0n) is 15.5. The SMILES string of the molecule is CC(C)(C#CO)Oc1ccc(C2(c3ccc(O)cc3)CCCCC2)cc1. The second-order valence-electron chi connectivity index (χ2n) is 7.56. The first-order valence-electron chi connectivity index (χ1n) is 9.21. The lowest BCUT2D eigenvalue weighted by Crippen LogP contribution is -2.30. The quantitative estimate of drug-likeness (QED) is 0.751. The van der Waals surface area contributed by atoms with Crippen LogP contribution in [0.1, 0.15) is 57.1 Å². The van der Waals surface area contributed by atoms with E-state index in [1.165, 1.54) is 30.4 Å². The van der Waals surface area contributed by atoms with Gasteiger partial charge in [0.1, 0.15) is 17.6 Å². The van der Waals surface area contributed by atoms with Gasteiger partial charge in [-0.2, -0.15) is 0 Å². The molecule has 0 aliphatic heterocycles. The van der Waals surface area contributed by atoms with Gasteiger partial charge in [0.2, 0.25) is 0 Å². The highest BCUT2D eigenvalue weighted by atomic mass is 16.5. The van der Waals surface area contributed by atoms with Crippen molar-refractivity contribution in [1.29, 1.82) is 0 Å². The zero-order chi connectivity index (χ0) is 18.6. The Morgan fingerprint density at radius 2 is 1.42 bits per heavy atom. The highest BCUT2D eigenvalue weighted by Gasteiger charge is 2.35. The molecule has 2 N–H and O–H groups in total. The van der Waals surface area contributed by atoms with E-state index in [1.54, 1.807) is 12.1 Å². The van der Waals surface area contributed by atoms with Crippen LogP contribution < -0.4 is 4.74 Å². The van der Waals surface area contributed by atoms with Gasteiger partial charge in [-0.15, -0.1) is 0 Å². The number of phenolic OH excluding ortho intramolecular Hbond substituents is 1. The molecule has 2 aromatic carbocycles. The van der Waals surface area contributed by atoms with Crippen molar-refractivity contribution < 1.29 is 14.9 Å². The van der Waals surface area contributed by atoms with E-state index in [0.29, 0.717) is 5.75 Å². The fraction of sp³-hybridized carbons (Fsp3) is 0.391. The van der Waals surface area contributed by atoms with Crippen molar-refractivity contribution in [3.63, 3.8) is 0 Å². The van der Waals surface area contributed by atoms with Crippen molar-refractivity contribution in [2.24, 2.45) is 0 Å². The molecule has 1 fully saturated rings. The number of rotatable bonds is 4. The van der Waals surface area contributed by atoms with E-state index in [1.807, 2.05) is 44.2 Å². The number of aromatic hydroxyl groups is 1. The fourth-order valence-electron chi connectivity index (χ4n) is 3.98. The molecule has 0 unspecified atom stereocenters. The van der Waals surface area contributed by atoms with Crippen molar-refractivity contribution in [3.8, 4) is 23.5 Å². The number of ether oxygens (including phenoxy) is 1. The van der Waals surface area contributed by atoms with Crippen LogP contribution in [0, 0.1) is 12.0 Å². The van der Waals surface area contributed by atoms with Crippen LogP contribution in [-0.2, 0) is 5.41 Å². The highest BCUT2D eigenvalue weighted by Crippen LogP contribution is 2.45. The van der Waals surface area contributed by atoms with Crippen LogP contribution in [0.5, 0.6) is 11.5 Å². The van der Waals surface area contributed by atoms with E-state index >= 15 is 0 Å². The molecule has 0 atom stereocenters. The average Bonchev–Trinajstić information content (AvgIpc) is 2.63. The molecule has 3 nitrogen and oxygen atoms in total. The molecule has 0 bridgehead atoms. The number of hydrogen-bond donors (Lipinski definition) is 2. The van der Waals surface area contributed by atoms with Crippen LogP contribution in [0.3, 0.4) is 0 Å². The summed E-state index contributed by atoms with van der Waals surface area (Å²) in [6, 6.07) is 15.9. The lowest BCUT2D eigenvalue weighted by atomic mass is 9.65. The van der Waals surface area contributed by atoms with Crippen molar-refractivity contribution in [2.75, 3.05) is 0 Å². The van der Waals surface area contributed by atoms with Crippen LogP contribution in [0.2, 0.25) is 0 Å². The molecule has 0 radical (unpaired) electrons. The highest BCUT2D eigenvalue weighted by molar-refractivity contribution is 5.43. The number of benzene rings is 2. The van der Waals surface area contributed by atoms with E-state index in [9.17, 15) is 5.11 Å². The maximum absolute atomic E-state index is 9.65. The minimum atomic E-state index is -0.740. The Balaban J connectivity index is 1.92. The first-order chi connectivity index (χ1) is 12.5. The predicted octanol–water partition coefficient (Wildman–Crippen LogP) is 5.13. The van der Waals surface area contributed by atoms with Gasteiger partial charge in [-0.3, -0.25) is 0 Å². The number of phenols is 1. The molecule has 0 spiro atoms. The summed E-state index contributed by atoms with van der Waals surface area (Å²) in [7, 11) is 0. The molecule has 3 rings (SSSR count). The molecule has 0 saturated heterocycles. The summed E-state index contributed by atoms with van der Waals surface area (Å²) in [6.45, 7) is 3.65. The Hall–Kier alpha value is -2.60. The molecule has 1 saturated carbocycles. The van der Waals surface area contributed by atoms with E-state index in [2.05, 4.69) is 18.1 Å². The van der Waals surface area contributed by atoms with Crippen LogP contribution in [-0.4, -0.2) is 15.8 Å². The van der Waals surface area contributed by atoms with Crippen LogP contribution in [0.4, 0.5) is 0 Å². The molecule has 3 heteroatoms. The zero-order valence-corrected chi connectivity index (χ0v) is 15.5. The molecular weight excluding hydrogens is 324 g/mol. The van der Waals surface area contributed by atoms with E-state index in [4.69, 9.17) is 9.84 Å². The summed E-state index contributed by atoms with van der Waals surface area (Å²) >= 11 is 0. The Labute approximate surface area is 155 Å². The minimum absolute atomic E-state index is 0.00903. The molecular formula is C23H26O3. The molecule has 0 aromatic heterocycles. The summed E-state index contributed by atoms with van der Waals surface area (Å²) in [5, 5.41) is 18.5. The monoisotopic (exact) mass is 350 g/mol. The minimum Gasteiger partial charge on any atom is -0.508 e. The number of aliphatic hydroxyl groups is 1. The predicted molar refractivity (Wildman–Crippen MR) is 103 cm³/mol. The smallest absolute Gasteiger partial charge is 0.167 e. The maximum Gasteiger partial charge on any atom is 0.167 e. The third-order valence-electron chi connectivity index (χ3n) is 5.26. The maximum atomic E-state index is 9.65. The molecule has 26 heavy (non-hydrogen) atoms. The van der Waals surface area contributed by atoms with Gasteiger partial charge >= 0.3 is 0 Å². The molecule has 0 heterocycles. The fourth-order valence-corrected chi connectivity index (χ4v) is 3.98. The van der Waals surface area contributed by atoms with Crippen molar-refractivity contribution >= 4 is 0 Å². The molecule has 1 aliphatic carbocycles. The Bertz CT molecular complexity index is 786. The van der Waals surface area contributed by atoms with E-state index < -0.39 is 5.60 Å². The third kappa shape index (κ3) is 3.80. The van der Waals surface area contributed by atoms with E-state index in [-0.39, 0.29) is 5.41 Å². The summed E-state index contributed by atoms with van der Waals surface area (Å²) < 4.78 is 5.87. The number of aliphatic hydroxyl groups excluding tert-OH is 1. The molecule has 1 aliphatic rings. The second-order valence-corrected chi connectivity index (χ2v) is 7.56. The van der Waals surface area contributed by atoms with Gasteiger partial charge in [-0.1, -0.05) is 43.5 Å². The van der Waals surface area contributed by atoms with Crippen molar-refractivity contribution in [3.05, 3.63) is 59.7 Å². The van der Waals surface area contributed by atoms with Gasteiger partial charge in [0.25, 0.3) is 0 Å². The van der Waals surface area contributed by atoms with Gasteiger partial charge in [0.15, 0.2) is 5.60 Å². The normalized spacial score (nSPS) is 16.4. The van der Waals surface area contributed by atoms with Gasteiger partial charge in [0.05, 0.1) is 0 Å². The largest absolute Gasteiger partial charge is 0.508 e. The summed E-state index contributed by atoms with van der Waals surface area (Å²) in [4.78, 5) is 0. The molecule has 2 aromatic rings. The summed E-state index contributed by atoms with van der Waals surface area (Å²) in [6.07, 6.45) is 7.84. The molecule has 0 amide bonds. The van der Waals surface area contributed by atoms with Gasteiger partial charge in [-0.05, 0) is 68.0 Å². The summed E-state index contributed by atoms with van der Waals surface area (Å²) in [5.41, 5.74) is 1.79. The Morgan fingerprint density at radius 1 is 0.885 bits per heavy atom. The summed E-state index contributed by atoms with van der Waals surface area (Å²) in [5.74, 6) is 3.68.